The molecular weight excluding hydrogens is 569 g/mol. The number of carbonyl (C=O) groups is 2. The number of aromatic nitrogens is 1. The number of hydrogen-bond donors (Lipinski definition) is 3. The van der Waals surface area contributed by atoms with Crippen LogP contribution in [0.4, 0.5) is 14.6 Å². The number of hydrogen-bond acceptors (Lipinski definition) is 7. The summed E-state index contributed by atoms with van der Waals surface area (Å²) in [5, 5.41) is 14.8. The molecule has 0 aliphatic carbocycles. The summed E-state index contributed by atoms with van der Waals surface area (Å²) >= 11 is 12.5. The van der Waals surface area contributed by atoms with Gasteiger partial charge < -0.3 is 30.1 Å². The Bertz CT molecular complexity index is 1200. The normalized spacial score (nSPS) is 20.4. The van der Waals surface area contributed by atoms with Crippen LogP contribution in [-0.4, -0.2) is 71.8 Å². The Morgan fingerprint density at radius 1 is 1.15 bits per heavy atom. The lowest BCUT2D eigenvalue weighted by Crippen LogP contribution is -2.55. The number of pyridine rings is 1. The van der Waals surface area contributed by atoms with Gasteiger partial charge in [-0.25, -0.2) is 13.8 Å². The van der Waals surface area contributed by atoms with Gasteiger partial charge in [-0.05, 0) is 57.7 Å². The van der Waals surface area contributed by atoms with E-state index in [2.05, 4.69) is 20.5 Å². The summed E-state index contributed by atoms with van der Waals surface area (Å²) in [6.45, 7) is 2.44. The van der Waals surface area contributed by atoms with Crippen molar-refractivity contribution in [3.8, 4) is 11.5 Å². The van der Waals surface area contributed by atoms with E-state index in [9.17, 15) is 18.4 Å². The van der Waals surface area contributed by atoms with Gasteiger partial charge in [0.25, 0.3) is 18.2 Å². The Hall–Kier alpha value is -2.89. The van der Waals surface area contributed by atoms with Crippen LogP contribution in [0.15, 0.2) is 30.5 Å². The third-order valence-electron chi connectivity index (χ3n) is 7.01. The van der Waals surface area contributed by atoms with Gasteiger partial charge in [0.15, 0.2) is 5.60 Å². The van der Waals surface area contributed by atoms with Gasteiger partial charge in [-0.15, -0.1) is 0 Å². The summed E-state index contributed by atoms with van der Waals surface area (Å²) in [4.78, 5) is 32.0. The highest BCUT2D eigenvalue weighted by atomic mass is 35.5. The summed E-state index contributed by atoms with van der Waals surface area (Å²) in [5.41, 5.74) is -1.04. The fourth-order valence-electron chi connectivity index (χ4n) is 5.15. The number of nitrogens with one attached hydrogen (secondary N) is 2. The van der Waals surface area contributed by atoms with E-state index in [4.69, 9.17) is 37.8 Å². The fraction of sp³-hybridized carbons (Fsp3) is 0.519. The van der Waals surface area contributed by atoms with E-state index in [1.165, 1.54) is 18.3 Å². The minimum Gasteiger partial charge on any atom is -0.489 e. The highest BCUT2D eigenvalue weighted by Crippen LogP contribution is 2.40. The van der Waals surface area contributed by atoms with E-state index in [1.807, 2.05) is 0 Å². The lowest BCUT2D eigenvalue weighted by molar-refractivity contribution is -0.135. The van der Waals surface area contributed by atoms with Crippen molar-refractivity contribution >= 4 is 40.8 Å². The monoisotopic (exact) mass is 600 g/mol. The smallest absolute Gasteiger partial charge is 0.263 e. The minimum atomic E-state index is -2.62. The summed E-state index contributed by atoms with van der Waals surface area (Å²) in [6, 6.07) is 6.49. The number of benzene rings is 1. The number of nitrogens with zero attached hydrogens (tertiary/aromatic N) is 2. The molecule has 2 aliphatic heterocycles. The van der Waals surface area contributed by atoms with Crippen molar-refractivity contribution in [1.82, 2.24) is 15.6 Å². The number of alkyl halides is 2. The predicted molar refractivity (Wildman–Crippen MR) is 147 cm³/mol. The molecular formula is C27H32Cl2F2N4O5. The van der Waals surface area contributed by atoms with E-state index >= 15 is 0 Å². The highest BCUT2D eigenvalue weighted by Gasteiger charge is 2.43. The fourth-order valence-corrected chi connectivity index (χ4v) is 5.63. The molecule has 2 fully saturated rings. The van der Waals surface area contributed by atoms with Crippen molar-refractivity contribution in [1.29, 1.82) is 0 Å². The number of carbonyl (C=O) groups excluding carboxylic acids is 2. The molecule has 2 unspecified atom stereocenters. The van der Waals surface area contributed by atoms with Gasteiger partial charge in [0.05, 0.1) is 28.8 Å². The van der Waals surface area contributed by atoms with E-state index in [-0.39, 0.29) is 64.4 Å². The highest BCUT2D eigenvalue weighted by molar-refractivity contribution is 6.36. The van der Waals surface area contributed by atoms with Gasteiger partial charge in [0, 0.05) is 30.4 Å². The number of aliphatic hydroxyl groups is 1. The van der Waals surface area contributed by atoms with Crippen molar-refractivity contribution in [2.24, 2.45) is 0 Å². The summed E-state index contributed by atoms with van der Waals surface area (Å²) in [7, 11) is 0. The van der Waals surface area contributed by atoms with E-state index in [0.29, 0.717) is 18.7 Å². The number of rotatable bonds is 11. The average molecular weight is 601 g/mol. The standard InChI is InChI=1S/C27H32Cl2F2N4O5/c1-27(2,40-22-12-21(39-8-7-36)19(28)11-20(22)29)26(38)34-16-9-17-4-5-18(10-16)35(17)24-6-3-15(13-32-24)25(37)33-14-23(30)31/h3,6,11-13,16-18,23,36H,4-5,7-10,14H2,1-2H3,(H,33,37)(H,34,38). The maximum Gasteiger partial charge on any atom is 0.263 e. The third-order valence-corrected chi connectivity index (χ3v) is 7.60. The van der Waals surface area contributed by atoms with Crippen LogP contribution < -0.4 is 25.0 Å². The number of ether oxygens (including phenoxy) is 2. The molecule has 0 radical (unpaired) electrons. The first-order chi connectivity index (χ1) is 19.0. The third kappa shape index (κ3) is 7.05. The first-order valence-electron chi connectivity index (χ1n) is 13.0. The van der Waals surface area contributed by atoms with E-state index < -0.39 is 24.5 Å². The zero-order chi connectivity index (χ0) is 29.0. The zero-order valence-electron chi connectivity index (χ0n) is 22.1. The number of amides is 2. The molecule has 13 heteroatoms. The maximum atomic E-state index is 13.3. The van der Waals surface area contributed by atoms with Crippen LogP contribution >= 0.6 is 23.2 Å². The van der Waals surface area contributed by atoms with Crippen molar-refractivity contribution in [2.45, 2.75) is 69.7 Å². The molecule has 2 aliphatic rings. The molecule has 3 heterocycles. The first kappa shape index (κ1) is 30.1. The molecule has 4 rings (SSSR count). The van der Waals surface area contributed by atoms with Crippen LogP contribution in [0.5, 0.6) is 11.5 Å². The Balaban J connectivity index is 1.37. The Morgan fingerprint density at radius 3 is 2.42 bits per heavy atom. The molecule has 1 aromatic heterocycles. The van der Waals surface area contributed by atoms with Crippen molar-refractivity contribution in [3.05, 3.63) is 46.1 Å². The summed E-state index contributed by atoms with van der Waals surface area (Å²) in [5.74, 6) is 0.328. The van der Waals surface area contributed by atoms with Crippen LogP contribution in [0.1, 0.15) is 49.9 Å². The van der Waals surface area contributed by atoms with Crippen LogP contribution in [0, 0.1) is 0 Å². The quantitative estimate of drug-likeness (QED) is 0.354. The Morgan fingerprint density at radius 2 is 1.82 bits per heavy atom. The molecule has 1 aromatic carbocycles. The molecule has 0 spiro atoms. The second kappa shape index (κ2) is 12.7. The molecule has 2 bridgehead atoms. The minimum absolute atomic E-state index is 0.0437. The molecule has 0 saturated carbocycles. The molecule has 2 saturated heterocycles. The molecule has 40 heavy (non-hydrogen) atoms. The van der Waals surface area contributed by atoms with Gasteiger partial charge >= 0.3 is 0 Å². The van der Waals surface area contributed by atoms with Crippen molar-refractivity contribution < 1.29 is 33.0 Å². The van der Waals surface area contributed by atoms with Crippen LogP contribution in [0.3, 0.4) is 0 Å². The Kier molecular flexibility index (Phi) is 9.58. The predicted octanol–water partition coefficient (Wildman–Crippen LogP) is 4.23. The largest absolute Gasteiger partial charge is 0.489 e. The number of halogens is 4. The van der Waals surface area contributed by atoms with Gasteiger partial charge in [-0.3, -0.25) is 9.59 Å². The lowest BCUT2D eigenvalue weighted by atomic mass is 9.96. The van der Waals surface area contributed by atoms with Gasteiger partial charge in [-0.2, -0.15) is 0 Å². The summed E-state index contributed by atoms with van der Waals surface area (Å²) < 4.78 is 36.2. The number of aliphatic hydroxyl groups excluding tert-OH is 1. The van der Waals surface area contributed by atoms with Crippen molar-refractivity contribution in [3.63, 3.8) is 0 Å². The average Bonchev–Trinajstić information content (AvgIpc) is 3.17. The maximum absolute atomic E-state index is 13.3. The van der Waals surface area contributed by atoms with Gasteiger partial charge in [-0.1, -0.05) is 23.2 Å². The second-order valence-corrected chi connectivity index (χ2v) is 11.2. The van der Waals surface area contributed by atoms with Crippen molar-refractivity contribution in [2.75, 3.05) is 24.7 Å². The van der Waals surface area contributed by atoms with E-state index in [1.54, 1.807) is 26.0 Å². The molecule has 3 N–H and O–H groups in total. The number of anilines is 1. The first-order valence-corrected chi connectivity index (χ1v) is 13.8. The SMILES string of the molecule is CC(C)(Oc1cc(OCCO)c(Cl)cc1Cl)C(=O)NC1CC2CCC(C1)N2c1ccc(C(=O)NCC(F)F)cn1. The molecule has 2 amide bonds. The van der Waals surface area contributed by atoms with Gasteiger partial charge in [0.1, 0.15) is 23.9 Å². The van der Waals surface area contributed by atoms with Crippen LogP contribution in [-0.2, 0) is 4.79 Å². The molecule has 218 valence electrons. The van der Waals surface area contributed by atoms with E-state index in [0.717, 1.165) is 12.8 Å². The topological polar surface area (TPSA) is 113 Å². The molecule has 9 nitrogen and oxygen atoms in total. The van der Waals surface area contributed by atoms with Crippen LogP contribution in [0.2, 0.25) is 10.0 Å². The summed E-state index contributed by atoms with van der Waals surface area (Å²) in [6.07, 6.45) is 2.06. The second-order valence-electron chi connectivity index (χ2n) is 10.3. The zero-order valence-corrected chi connectivity index (χ0v) is 23.6. The Labute approximate surface area is 241 Å². The number of fused-ring (bicyclic) bond motifs is 2. The molecule has 2 aromatic rings. The van der Waals surface area contributed by atoms with Gasteiger partial charge in [0.2, 0.25) is 0 Å². The molecule has 2 atom stereocenters. The van der Waals surface area contributed by atoms with Crippen LogP contribution in [0.25, 0.3) is 0 Å². The number of piperidine rings is 1. The lowest BCUT2D eigenvalue weighted by Gasteiger charge is -2.40.